The predicted octanol–water partition coefficient (Wildman–Crippen LogP) is 1.09. The van der Waals surface area contributed by atoms with E-state index in [9.17, 15) is 9.59 Å². The van der Waals surface area contributed by atoms with Crippen LogP contribution in [0.1, 0.15) is 34.1 Å². The summed E-state index contributed by atoms with van der Waals surface area (Å²) in [5, 5.41) is 2.36. The van der Waals surface area contributed by atoms with Crippen molar-refractivity contribution in [1.29, 1.82) is 0 Å². The van der Waals surface area contributed by atoms with Crippen LogP contribution >= 0.6 is 0 Å². The normalized spacial score (nSPS) is 16.4. The summed E-state index contributed by atoms with van der Waals surface area (Å²) in [6.07, 6.45) is 5.65. The highest BCUT2D eigenvalue weighted by Crippen LogP contribution is 2.14. The van der Waals surface area contributed by atoms with Crippen molar-refractivity contribution in [3.05, 3.63) is 35.2 Å². The minimum absolute atomic E-state index is 0.237. The Bertz CT molecular complexity index is 399. The molecule has 0 unspecified atom stereocenters. The predicted molar refractivity (Wildman–Crippen MR) is 96.7 cm³/mol. The van der Waals surface area contributed by atoms with Crippen molar-refractivity contribution in [3.8, 4) is 0 Å². The van der Waals surface area contributed by atoms with Gasteiger partial charge in [0.15, 0.2) is 19.5 Å². The Hall–Kier alpha value is -0.779. The summed E-state index contributed by atoms with van der Waals surface area (Å²) < 4.78 is 16.5. The third kappa shape index (κ3) is 10.0. The fourth-order valence-electron chi connectivity index (χ4n) is 1.33. The van der Waals surface area contributed by atoms with Gasteiger partial charge in [-0.2, -0.15) is 0 Å². The summed E-state index contributed by atoms with van der Waals surface area (Å²) in [6.45, 7) is 11.5. The van der Waals surface area contributed by atoms with Gasteiger partial charge in [0.2, 0.25) is 0 Å². The van der Waals surface area contributed by atoms with Gasteiger partial charge in [-0.3, -0.25) is 0 Å². The molecule has 0 bridgehead atoms. The first-order valence-electron chi connectivity index (χ1n) is 7.40. The molecule has 0 fully saturated rings. The Morgan fingerprint density at radius 3 is 2.09 bits per heavy atom. The van der Waals surface area contributed by atoms with Gasteiger partial charge < -0.3 is 17.8 Å². The maximum atomic E-state index is 11.0. The molecule has 0 aliphatic rings. The molecule has 1 N–H and O–H groups in total. The zero-order valence-electron chi connectivity index (χ0n) is 14.1. The molecule has 5 nitrogen and oxygen atoms in total. The van der Waals surface area contributed by atoms with Gasteiger partial charge in [-0.1, -0.05) is 29.1 Å². The Labute approximate surface area is 139 Å². The molecular weight excluding hydrogens is 332 g/mol. The molecule has 0 aromatic rings. The fourth-order valence-corrected chi connectivity index (χ4v) is 8.12. The largest absolute Gasteiger partial charge is 0.477 e. The lowest BCUT2D eigenvalue weighted by Gasteiger charge is -2.25. The molecule has 22 heavy (non-hydrogen) atoms. The van der Waals surface area contributed by atoms with E-state index in [0.717, 1.165) is 6.08 Å². The van der Waals surface area contributed by atoms with E-state index >= 15 is 0 Å². The van der Waals surface area contributed by atoms with E-state index in [0.29, 0.717) is 12.5 Å². The Morgan fingerprint density at radius 2 is 1.68 bits per heavy atom. The lowest BCUT2D eigenvalue weighted by molar-refractivity contribution is -0.137. The Kier molecular flexibility index (Phi) is 11.3. The summed E-state index contributed by atoms with van der Waals surface area (Å²) in [5.41, 5.74) is 0. The van der Waals surface area contributed by atoms with Crippen molar-refractivity contribution in [3.63, 3.8) is 0 Å². The molecule has 0 aromatic carbocycles. The monoisotopic (exact) mass is 360 g/mol. The highest BCUT2D eigenvalue weighted by atomic mass is 28.4. The van der Waals surface area contributed by atoms with Gasteiger partial charge in [-0.25, -0.2) is 4.79 Å². The van der Waals surface area contributed by atoms with Crippen LogP contribution < -0.4 is 0 Å². The minimum atomic E-state index is -3.17. The second-order valence-corrected chi connectivity index (χ2v) is 12.1. The number of ether oxygens (including phenoxy) is 1. The maximum Gasteiger partial charge on any atom is 0.477 e. The van der Waals surface area contributed by atoms with Crippen LogP contribution in [0.3, 0.4) is 0 Å². The van der Waals surface area contributed by atoms with Crippen molar-refractivity contribution in [2.24, 2.45) is 0 Å². The van der Waals surface area contributed by atoms with Crippen LogP contribution in [0, 0.1) is 0 Å². The molecule has 0 atom stereocenters. The van der Waals surface area contributed by atoms with Gasteiger partial charge in [-0.05, 0) is 34.1 Å². The average Bonchev–Trinajstić information content (AvgIpc) is 2.54. The first kappa shape index (κ1) is 21.2. The van der Waals surface area contributed by atoms with E-state index in [1.54, 1.807) is 0 Å². The van der Waals surface area contributed by atoms with Gasteiger partial charge >= 0.3 is 14.8 Å². The quantitative estimate of drug-likeness (QED) is 0.259. The highest BCUT2D eigenvalue weighted by molar-refractivity contribution is 6.71. The smallest absolute Gasteiger partial charge is 0.463 e. The molecule has 0 heterocycles. The van der Waals surface area contributed by atoms with E-state index < -0.39 is 34.3 Å². The molecule has 0 saturated heterocycles. The molecule has 0 aliphatic heterocycles. The number of carbonyl (C=O) groups excluding carboxylic acids is 1. The summed E-state index contributed by atoms with van der Waals surface area (Å²) >= 11 is 0. The van der Waals surface area contributed by atoms with E-state index in [1.807, 2.05) is 39.8 Å². The Balaban J connectivity index is 4.48. The van der Waals surface area contributed by atoms with Gasteiger partial charge in [-0.15, -0.1) is 0 Å². The van der Waals surface area contributed by atoms with Crippen LogP contribution in [0.2, 0.25) is 6.04 Å². The van der Waals surface area contributed by atoms with Crippen molar-refractivity contribution in [2.45, 2.75) is 40.2 Å². The molecular formula is C14H28O5Si3. The van der Waals surface area contributed by atoms with E-state index in [2.05, 4.69) is 6.58 Å². The van der Waals surface area contributed by atoms with Gasteiger partial charge in [0.1, 0.15) is 0 Å². The lowest BCUT2D eigenvalue weighted by Crippen LogP contribution is -2.45. The zero-order chi connectivity index (χ0) is 17.0. The lowest BCUT2D eigenvalue weighted by atomic mass is 10.5. The zero-order valence-corrected chi connectivity index (χ0v) is 17.9. The van der Waals surface area contributed by atoms with Crippen molar-refractivity contribution in [2.75, 3.05) is 6.61 Å². The molecule has 0 spiro atoms. The molecule has 0 aromatic heterocycles. The van der Waals surface area contributed by atoms with Crippen molar-refractivity contribution >= 4 is 34.3 Å². The number of carbonyl (C=O) groups is 1. The minimum Gasteiger partial charge on any atom is -0.463 e. The number of allylic oxidation sites excluding steroid dienone is 4. The second kappa shape index (κ2) is 11.7. The molecule has 0 radical (unpaired) electrons. The molecule has 126 valence electrons. The highest BCUT2D eigenvalue weighted by Gasteiger charge is 2.35. The number of hydrogen-bond acceptors (Lipinski definition) is 5. The van der Waals surface area contributed by atoms with Crippen LogP contribution in [0.15, 0.2) is 35.2 Å². The van der Waals surface area contributed by atoms with E-state index in [-0.39, 0.29) is 6.61 Å². The standard InChI is InChI=1S/C14H28O5Si3/c1-6-12(4)20-18-22(16,19-21-13(5)7-2)11-9-10-17-14(15)8-3/h6-8,16H,3,9-11,20-21H2,1-2,4-5H3. The molecule has 0 saturated carbocycles. The Morgan fingerprint density at radius 1 is 1.18 bits per heavy atom. The SMILES string of the molecule is C=CC(=O)OCCC[Si](O)(O[SiH2]C(C)=CC)O[SiH2]C(C)=CC. The van der Waals surface area contributed by atoms with Gasteiger partial charge in [0.25, 0.3) is 0 Å². The summed E-state index contributed by atoms with van der Waals surface area (Å²) in [4.78, 5) is 21.7. The topological polar surface area (TPSA) is 65.0 Å². The van der Waals surface area contributed by atoms with Crippen molar-refractivity contribution < 1.29 is 22.6 Å². The summed E-state index contributed by atoms with van der Waals surface area (Å²) in [6, 6.07) is 0.408. The van der Waals surface area contributed by atoms with Gasteiger partial charge in [0.05, 0.1) is 6.61 Å². The molecule has 0 aliphatic carbocycles. The number of rotatable bonds is 11. The third-order valence-electron chi connectivity index (χ3n) is 3.08. The third-order valence-corrected chi connectivity index (χ3v) is 10.6. The van der Waals surface area contributed by atoms with Crippen LogP contribution in [-0.2, 0) is 17.8 Å². The van der Waals surface area contributed by atoms with E-state index in [4.69, 9.17) is 13.0 Å². The molecule has 0 rings (SSSR count). The van der Waals surface area contributed by atoms with Crippen LogP contribution in [0.5, 0.6) is 0 Å². The molecule has 8 heteroatoms. The second-order valence-electron chi connectivity index (χ2n) is 5.04. The average molecular weight is 361 g/mol. The van der Waals surface area contributed by atoms with Gasteiger partial charge in [0, 0.05) is 12.1 Å². The maximum absolute atomic E-state index is 11.0. The van der Waals surface area contributed by atoms with Crippen LogP contribution in [0.25, 0.3) is 0 Å². The van der Waals surface area contributed by atoms with Crippen molar-refractivity contribution in [1.82, 2.24) is 0 Å². The number of esters is 1. The van der Waals surface area contributed by atoms with Crippen LogP contribution in [0.4, 0.5) is 0 Å². The first-order valence-corrected chi connectivity index (χ1v) is 11.9. The molecule has 0 amide bonds. The van der Waals surface area contributed by atoms with Crippen LogP contribution in [-0.4, -0.2) is 45.7 Å². The summed E-state index contributed by atoms with van der Waals surface area (Å²) in [7, 11) is -5.06. The fraction of sp³-hybridized carbons (Fsp3) is 0.500. The summed E-state index contributed by atoms with van der Waals surface area (Å²) in [5.74, 6) is -0.453. The first-order chi connectivity index (χ1) is 10.4. The number of hydrogen-bond donors (Lipinski definition) is 1. The van der Waals surface area contributed by atoms with E-state index in [1.165, 1.54) is 10.4 Å².